The Bertz CT molecular complexity index is 441. The molecule has 7 heteroatoms. The fourth-order valence-electron chi connectivity index (χ4n) is 2.10. The minimum Gasteiger partial charge on any atom is -0.497 e. The van der Waals surface area contributed by atoms with E-state index < -0.39 is 37.3 Å². The third-order valence-electron chi connectivity index (χ3n) is 3.27. The van der Waals surface area contributed by atoms with Gasteiger partial charge >= 0.3 is 0 Å². The molecule has 20 heavy (non-hydrogen) atoms. The molecular formula is C13H19NO6. The summed E-state index contributed by atoms with van der Waals surface area (Å²) in [6.07, 6.45) is -5.96. The van der Waals surface area contributed by atoms with E-state index in [4.69, 9.17) is 14.6 Å². The standard InChI is InChI=1S/C13H19NO6/c1-19-8-4-2-3-7(5-8)14-13-12(18)11(17)10(16)9(6-15)20-13/h2-5,9-18H,6H2,1H3/t9-,10+,11+,12-,13-/m0/s1. The molecule has 0 radical (unpaired) electrons. The van der Waals surface area contributed by atoms with Crippen LogP contribution in [0.15, 0.2) is 24.3 Å². The van der Waals surface area contributed by atoms with Crippen molar-refractivity contribution < 1.29 is 29.9 Å². The molecule has 0 spiro atoms. The molecule has 1 aliphatic rings. The lowest BCUT2D eigenvalue weighted by Gasteiger charge is -2.40. The molecule has 2 rings (SSSR count). The lowest BCUT2D eigenvalue weighted by atomic mass is 9.98. The van der Waals surface area contributed by atoms with Crippen LogP contribution in [-0.4, -0.2) is 64.8 Å². The zero-order valence-electron chi connectivity index (χ0n) is 11.0. The molecule has 0 amide bonds. The van der Waals surface area contributed by atoms with Crippen molar-refractivity contribution in [2.45, 2.75) is 30.6 Å². The number of hydrogen-bond acceptors (Lipinski definition) is 7. The summed E-state index contributed by atoms with van der Waals surface area (Å²) in [5, 5.41) is 41.3. The molecule has 1 aliphatic heterocycles. The summed E-state index contributed by atoms with van der Waals surface area (Å²) in [6, 6.07) is 6.95. The molecule has 112 valence electrons. The van der Waals surface area contributed by atoms with Crippen molar-refractivity contribution >= 4 is 5.69 Å². The van der Waals surface area contributed by atoms with Crippen LogP contribution in [-0.2, 0) is 4.74 Å². The van der Waals surface area contributed by atoms with Crippen molar-refractivity contribution in [2.75, 3.05) is 19.0 Å². The highest BCUT2D eigenvalue weighted by atomic mass is 16.6. The van der Waals surface area contributed by atoms with Gasteiger partial charge in [0.15, 0.2) is 6.23 Å². The Morgan fingerprint density at radius 3 is 2.60 bits per heavy atom. The van der Waals surface area contributed by atoms with Crippen LogP contribution in [0, 0.1) is 0 Å². The molecule has 0 aromatic heterocycles. The predicted octanol–water partition coefficient (Wildman–Crippen LogP) is -1.09. The first kappa shape index (κ1) is 15.0. The molecular weight excluding hydrogens is 266 g/mol. The van der Waals surface area contributed by atoms with Crippen LogP contribution in [0.3, 0.4) is 0 Å². The number of benzene rings is 1. The molecule has 1 aromatic rings. The summed E-state index contributed by atoms with van der Waals surface area (Å²) in [7, 11) is 1.53. The van der Waals surface area contributed by atoms with Gasteiger partial charge in [-0.15, -0.1) is 0 Å². The van der Waals surface area contributed by atoms with Gasteiger partial charge in [-0.2, -0.15) is 0 Å². The number of rotatable bonds is 4. The lowest BCUT2D eigenvalue weighted by molar-refractivity contribution is -0.221. The minimum atomic E-state index is -1.40. The number of nitrogens with one attached hydrogen (secondary N) is 1. The maximum atomic E-state index is 9.90. The third kappa shape index (κ3) is 3.02. The first-order valence-corrected chi connectivity index (χ1v) is 6.28. The van der Waals surface area contributed by atoms with Crippen molar-refractivity contribution in [3.8, 4) is 5.75 Å². The van der Waals surface area contributed by atoms with Gasteiger partial charge in [0.1, 0.15) is 30.2 Å². The van der Waals surface area contributed by atoms with Crippen molar-refractivity contribution in [2.24, 2.45) is 0 Å². The van der Waals surface area contributed by atoms with Crippen LogP contribution in [0.2, 0.25) is 0 Å². The number of aliphatic hydroxyl groups excluding tert-OH is 4. The monoisotopic (exact) mass is 285 g/mol. The van der Waals surface area contributed by atoms with Crippen LogP contribution in [0.1, 0.15) is 0 Å². The van der Waals surface area contributed by atoms with Gasteiger partial charge in [0.25, 0.3) is 0 Å². The van der Waals surface area contributed by atoms with Gasteiger partial charge in [-0.25, -0.2) is 0 Å². The fourth-order valence-corrected chi connectivity index (χ4v) is 2.10. The fraction of sp³-hybridized carbons (Fsp3) is 0.538. The van der Waals surface area contributed by atoms with Crippen molar-refractivity contribution in [3.05, 3.63) is 24.3 Å². The van der Waals surface area contributed by atoms with Crippen LogP contribution in [0.4, 0.5) is 5.69 Å². The molecule has 1 aromatic carbocycles. The lowest BCUT2D eigenvalue weighted by Crippen LogP contribution is -2.60. The number of aliphatic hydroxyl groups is 4. The highest BCUT2D eigenvalue weighted by molar-refractivity contribution is 5.48. The first-order valence-electron chi connectivity index (χ1n) is 6.28. The van der Waals surface area contributed by atoms with E-state index in [1.807, 2.05) is 0 Å². The van der Waals surface area contributed by atoms with Crippen molar-refractivity contribution in [1.82, 2.24) is 0 Å². The Labute approximate surface area is 116 Å². The summed E-state index contributed by atoms with van der Waals surface area (Å²) in [6.45, 7) is -0.457. The van der Waals surface area contributed by atoms with E-state index in [0.29, 0.717) is 11.4 Å². The predicted molar refractivity (Wildman–Crippen MR) is 70.4 cm³/mol. The molecule has 1 heterocycles. The maximum Gasteiger partial charge on any atom is 0.157 e. The van der Waals surface area contributed by atoms with Gasteiger partial charge in [-0.1, -0.05) is 6.07 Å². The second kappa shape index (κ2) is 6.38. The largest absolute Gasteiger partial charge is 0.497 e. The zero-order valence-corrected chi connectivity index (χ0v) is 11.0. The first-order chi connectivity index (χ1) is 9.56. The smallest absolute Gasteiger partial charge is 0.157 e. The summed E-state index contributed by atoms with van der Waals surface area (Å²) in [5.74, 6) is 0.625. The van der Waals surface area contributed by atoms with Gasteiger partial charge < -0.3 is 35.2 Å². The Morgan fingerprint density at radius 1 is 1.20 bits per heavy atom. The number of hydrogen-bond donors (Lipinski definition) is 5. The van der Waals surface area contributed by atoms with E-state index >= 15 is 0 Å². The van der Waals surface area contributed by atoms with Crippen LogP contribution in [0.5, 0.6) is 5.75 Å². The summed E-state index contributed by atoms with van der Waals surface area (Å²) in [4.78, 5) is 0. The average molecular weight is 285 g/mol. The summed E-state index contributed by atoms with van der Waals surface area (Å²) in [5.41, 5.74) is 0.619. The van der Waals surface area contributed by atoms with Crippen LogP contribution >= 0.6 is 0 Å². The van der Waals surface area contributed by atoms with E-state index in [0.717, 1.165) is 0 Å². The maximum absolute atomic E-state index is 9.90. The van der Waals surface area contributed by atoms with Crippen molar-refractivity contribution in [3.63, 3.8) is 0 Å². The number of ether oxygens (including phenoxy) is 2. The van der Waals surface area contributed by atoms with Gasteiger partial charge in [0, 0.05) is 11.8 Å². The number of anilines is 1. The molecule has 1 saturated heterocycles. The van der Waals surface area contributed by atoms with Crippen LogP contribution < -0.4 is 10.1 Å². The Balaban J connectivity index is 2.10. The summed E-state index contributed by atoms with van der Waals surface area (Å²) < 4.78 is 10.4. The topological polar surface area (TPSA) is 111 Å². The molecule has 7 nitrogen and oxygen atoms in total. The quantitative estimate of drug-likeness (QED) is 0.478. The molecule has 5 N–H and O–H groups in total. The molecule has 1 fully saturated rings. The Morgan fingerprint density at radius 2 is 1.95 bits per heavy atom. The average Bonchev–Trinajstić information content (AvgIpc) is 2.48. The van der Waals surface area contributed by atoms with Crippen molar-refractivity contribution in [1.29, 1.82) is 0 Å². The third-order valence-corrected chi connectivity index (χ3v) is 3.27. The van der Waals surface area contributed by atoms with Gasteiger partial charge in [-0.05, 0) is 12.1 Å². The zero-order chi connectivity index (χ0) is 14.7. The van der Waals surface area contributed by atoms with E-state index in [1.165, 1.54) is 7.11 Å². The molecule has 0 aliphatic carbocycles. The normalized spacial score (nSPS) is 33.8. The van der Waals surface area contributed by atoms with Gasteiger partial charge in [0.2, 0.25) is 0 Å². The van der Waals surface area contributed by atoms with E-state index in [9.17, 15) is 15.3 Å². The van der Waals surface area contributed by atoms with Gasteiger partial charge in [0.05, 0.1) is 13.7 Å². The second-order valence-corrected chi connectivity index (χ2v) is 4.63. The van der Waals surface area contributed by atoms with E-state index in [1.54, 1.807) is 24.3 Å². The van der Waals surface area contributed by atoms with E-state index in [-0.39, 0.29) is 0 Å². The highest BCUT2D eigenvalue weighted by Crippen LogP contribution is 2.24. The molecule has 0 bridgehead atoms. The Hall–Kier alpha value is -1.38. The van der Waals surface area contributed by atoms with Crippen LogP contribution in [0.25, 0.3) is 0 Å². The molecule has 0 unspecified atom stereocenters. The van der Waals surface area contributed by atoms with Gasteiger partial charge in [-0.3, -0.25) is 0 Å². The molecule has 0 saturated carbocycles. The summed E-state index contributed by atoms with van der Waals surface area (Å²) >= 11 is 0. The molecule has 5 atom stereocenters. The number of methoxy groups -OCH3 is 1. The SMILES string of the molecule is COc1cccc(N[C@H]2O[C@@H](CO)[C@@H](O)[C@@H](O)[C@@H]2O)c1. The Kier molecular flexibility index (Phi) is 4.79. The highest BCUT2D eigenvalue weighted by Gasteiger charge is 2.43. The second-order valence-electron chi connectivity index (χ2n) is 4.63. The van der Waals surface area contributed by atoms with E-state index in [2.05, 4.69) is 5.32 Å². The minimum absolute atomic E-state index is 0.457.